The van der Waals surface area contributed by atoms with Crippen molar-refractivity contribution in [1.82, 2.24) is 20.3 Å². The third kappa shape index (κ3) is 4.39. The number of hydrogen-bond donors (Lipinski definition) is 3. The summed E-state index contributed by atoms with van der Waals surface area (Å²) < 4.78 is 0. The van der Waals surface area contributed by atoms with Gasteiger partial charge < -0.3 is 16.4 Å². The van der Waals surface area contributed by atoms with Crippen LogP contribution in [-0.4, -0.2) is 26.8 Å². The van der Waals surface area contributed by atoms with E-state index < -0.39 is 0 Å². The van der Waals surface area contributed by atoms with Crippen molar-refractivity contribution in [3.8, 4) is 11.3 Å². The van der Waals surface area contributed by atoms with Gasteiger partial charge in [0.2, 0.25) is 5.95 Å². The molecule has 8 nitrogen and oxygen atoms in total. The van der Waals surface area contributed by atoms with Crippen molar-refractivity contribution in [2.75, 3.05) is 11.1 Å². The Bertz CT molecular complexity index is 1360. The summed E-state index contributed by atoms with van der Waals surface area (Å²) in [6.07, 6.45) is 4.91. The SMILES string of the molecule is Nc1ncc(-c2ccc(CNC(=O)c3ccc4c(c3)NC(=O)c3ccccc3S4)cn2)cn1. The highest BCUT2D eigenvalue weighted by Gasteiger charge is 2.20. The Morgan fingerprint density at radius 1 is 0.970 bits per heavy atom. The summed E-state index contributed by atoms with van der Waals surface area (Å²) in [5.41, 5.74) is 9.52. The van der Waals surface area contributed by atoms with Crippen molar-refractivity contribution >= 4 is 35.2 Å². The molecule has 0 unspecified atom stereocenters. The van der Waals surface area contributed by atoms with Crippen molar-refractivity contribution in [3.63, 3.8) is 0 Å². The van der Waals surface area contributed by atoms with Crippen LogP contribution in [0.15, 0.2) is 83.0 Å². The second kappa shape index (κ2) is 8.71. The molecule has 0 atom stereocenters. The van der Waals surface area contributed by atoms with Gasteiger partial charge in [0.1, 0.15) is 0 Å². The molecule has 0 saturated carbocycles. The van der Waals surface area contributed by atoms with E-state index in [0.29, 0.717) is 29.1 Å². The van der Waals surface area contributed by atoms with Crippen molar-refractivity contribution in [3.05, 3.63) is 89.9 Å². The van der Waals surface area contributed by atoms with Gasteiger partial charge in [-0.2, -0.15) is 0 Å². The van der Waals surface area contributed by atoms with E-state index in [9.17, 15) is 9.59 Å². The Kier molecular flexibility index (Phi) is 5.45. The van der Waals surface area contributed by atoms with E-state index in [1.165, 1.54) is 11.8 Å². The summed E-state index contributed by atoms with van der Waals surface area (Å²) in [5.74, 6) is -0.222. The summed E-state index contributed by atoms with van der Waals surface area (Å²) in [5, 5.41) is 5.80. The summed E-state index contributed by atoms with van der Waals surface area (Å²) in [4.78, 5) is 39.4. The van der Waals surface area contributed by atoms with E-state index in [4.69, 9.17) is 5.73 Å². The van der Waals surface area contributed by atoms with Gasteiger partial charge in [-0.05, 0) is 42.0 Å². The number of fused-ring (bicyclic) bond motifs is 2. The number of aromatic nitrogens is 3. The first-order valence-electron chi connectivity index (χ1n) is 10.1. The van der Waals surface area contributed by atoms with Gasteiger partial charge in [0.25, 0.3) is 11.8 Å². The van der Waals surface area contributed by atoms with Crippen LogP contribution in [0.25, 0.3) is 11.3 Å². The first kappa shape index (κ1) is 20.7. The molecule has 0 spiro atoms. The fraction of sp³-hybridized carbons (Fsp3) is 0.0417. The molecule has 1 aliphatic heterocycles. The van der Waals surface area contributed by atoms with Crippen LogP contribution < -0.4 is 16.4 Å². The molecule has 3 heterocycles. The largest absolute Gasteiger partial charge is 0.368 e. The predicted octanol–water partition coefficient (Wildman–Crippen LogP) is 3.77. The minimum absolute atomic E-state index is 0.188. The lowest BCUT2D eigenvalue weighted by Gasteiger charge is -2.10. The number of amides is 2. The summed E-state index contributed by atoms with van der Waals surface area (Å²) >= 11 is 1.50. The quantitative estimate of drug-likeness (QED) is 0.429. The van der Waals surface area contributed by atoms with E-state index in [1.54, 1.807) is 36.8 Å². The molecule has 2 amide bonds. The molecule has 0 saturated heterocycles. The van der Waals surface area contributed by atoms with Crippen molar-refractivity contribution in [2.24, 2.45) is 0 Å². The van der Waals surface area contributed by atoms with Crippen LogP contribution in [0.4, 0.5) is 11.6 Å². The third-order valence-electron chi connectivity index (χ3n) is 5.09. The van der Waals surface area contributed by atoms with Gasteiger partial charge in [-0.25, -0.2) is 9.97 Å². The Morgan fingerprint density at radius 2 is 1.79 bits per heavy atom. The Morgan fingerprint density at radius 3 is 2.58 bits per heavy atom. The number of pyridine rings is 1. The van der Waals surface area contributed by atoms with Gasteiger partial charge in [0.05, 0.1) is 16.9 Å². The molecule has 2 aromatic carbocycles. The second-order valence-electron chi connectivity index (χ2n) is 7.33. The Balaban J connectivity index is 1.27. The van der Waals surface area contributed by atoms with Gasteiger partial charge in [0.15, 0.2) is 0 Å². The molecule has 162 valence electrons. The number of nitrogens with two attached hydrogens (primary N) is 1. The molecule has 4 N–H and O–H groups in total. The first-order valence-corrected chi connectivity index (χ1v) is 10.9. The van der Waals surface area contributed by atoms with E-state index >= 15 is 0 Å². The van der Waals surface area contributed by atoms with Crippen molar-refractivity contribution in [2.45, 2.75) is 16.3 Å². The van der Waals surface area contributed by atoms with Crippen LogP contribution in [0.2, 0.25) is 0 Å². The maximum Gasteiger partial charge on any atom is 0.256 e. The van der Waals surface area contributed by atoms with Gasteiger partial charge in [-0.1, -0.05) is 30.0 Å². The number of benzene rings is 2. The van der Waals surface area contributed by atoms with Gasteiger partial charge >= 0.3 is 0 Å². The van der Waals surface area contributed by atoms with E-state index in [1.807, 2.05) is 36.4 Å². The number of nitrogens with one attached hydrogen (secondary N) is 2. The normalized spacial score (nSPS) is 12.2. The summed E-state index contributed by atoms with van der Waals surface area (Å²) in [6, 6.07) is 16.4. The smallest absolute Gasteiger partial charge is 0.256 e. The molecule has 0 radical (unpaired) electrons. The number of carbonyl (C=O) groups is 2. The van der Waals surface area contributed by atoms with Gasteiger partial charge in [0, 0.05) is 46.1 Å². The summed E-state index contributed by atoms with van der Waals surface area (Å²) in [6.45, 7) is 0.313. The number of carbonyl (C=O) groups excluding carboxylic acids is 2. The molecule has 33 heavy (non-hydrogen) atoms. The van der Waals surface area contributed by atoms with Crippen LogP contribution in [0.3, 0.4) is 0 Å². The number of hydrogen-bond acceptors (Lipinski definition) is 7. The average Bonchev–Trinajstić information content (AvgIpc) is 2.98. The fourth-order valence-corrected chi connectivity index (χ4v) is 4.37. The van der Waals surface area contributed by atoms with Crippen LogP contribution in [-0.2, 0) is 6.54 Å². The zero-order valence-electron chi connectivity index (χ0n) is 17.3. The second-order valence-corrected chi connectivity index (χ2v) is 8.41. The number of nitrogens with zero attached hydrogens (tertiary/aromatic N) is 3. The number of rotatable bonds is 4. The van der Waals surface area contributed by atoms with E-state index in [-0.39, 0.29) is 17.8 Å². The predicted molar refractivity (Wildman–Crippen MR) is 126 cm³/mol. The maximum atomic E-state index is 12.7. The monoisotopic (exact) mass is 454 g/mol. The molecule has 2 aromatic heterocycles. The lowest BCUT2D eigenvalue weighted by Crippen LogP contribution is -2.23. The summed E-state index contributed by atoms with van der Waals surface area (Å²) in [7, 11) is 0. The third-order valence-corrected chi connectivity index (χ3v) is 6.24. The Labute approximate surface area is 193 Å². The zero-order valence-corrected chi connectivity index (χ0v) is 18.1. The lowest BCUT2D eigenvalue weighted by molar-refractivity contribution is 0.0949. The molecule has 1 aliphatic rings. The van der Waals surface area contributed by atoms with Crippen LogP contribution in [0, 0.1) is 0 Å². The number of anilines is 2. The van der Waals surface area contributed by atoms with Crippen molar-refractivity contribution in [1.29, 1.82) is 0 Å². The highest BCUT2D eigenvalue weighted by molar-refractivity contribution is 7.99. The van der Waals surface area contributed by atoms with E-state index in [2.05, 4.69) is 25.6 Å². The Hall–Kier alpha value is -4.24. The molecular formula is C24H18N6O2S. The minimum Gasteiger partial charge on any atom is -0.368 e. The maximum absolute atomic E-state index is 12.7. The lowest BCUT2D eigenvalue weighted by atomic mass is 10.1. The van der Waals surface area contributed by atoms with Crippen LogP contribution >= 0.6 is 11.8 Å². The first-order chi connectivity index (χ1) is 16.1. The fourth-order valence-electron chi connectivity index (χ4n) is 3.36. The number of nitrogen functional groups attached to an aromatic ring is 1. The topological polar surface area (TPSA) is 123 Å². The highest BCUT2D eigenvalue weighted by atomic mass is 32.2. The van der Waals surface area contributed by atoms with E-state index in [0.717, 1.165) is 20.9 Å². The van der Waals surface area contributed by atoms with Crippen LogP contribution in [0.1, 0.15) is 26.3 Å². The molecule has 4 aromatic rings. The molecule has 0 aliphatic carbocycles. The molecular weight excluding hydrogens is 436 g/mol. The zero-order chi connectivity index (χ0) is 22.8. The minimum atomic E-state index is -0.241. The molecule has 5 rings (SSSR count). The van der Waals surface area contributed by atoms with Crippen molar-refractivity contribution < 1.29 is 9.59 Å². The van der Waals surface area contributed by atoms with Crippen LogP contribution in [0.5, 0.6) is 0 Å². The molecule has 0 fully saturated rings. The van der Waals surface area contributed by atoms with Gasteiger partial charge in [-0.3, -0.25) is 14.6 Å². The molecule has 9 heteroatoms. The molecule has 0 bridgehead atoms. The highest BCUT2D eigenvalue weighted by Crippen LogP contribution is 2.39. The average molecular weight is 455 g/mol. The van der Waals surface area contributed by atoms with Gasteiger partial charge in [-0.15, -0.1) is 0 Å². The standard InChI is InChI=1S/C24H18N6O2S/c25-24-28-12-16(13-29-24)18-7-5-14(10-26-18)11-27-22(31)15-6-8-21-19(9-15)30-23(32)17-3-1-2-4-20(17)33-21/h1-10,12-13H,11H2,(H,27,31)(H,30,32)(H2,25,28,29).